The Kier molecular flexibility index (Phi) is 17.1. The summed E-state index contributed by atoms with van der Waals surface area (Å²) in [5.74, 6) is 4.04. The van der Waals surface area contributed by atoms with Gasteiger partial charge >= 0.3 is 12.2 Å². The van der Waals surface area contributed by atoms with Gasteiger partial charge in [-0.2, -0.15) is 0 Å². The van der Waals surface area contributed by atoms with Crippen molar-refractivity contribution < 1.29 is 47.5 Å². The van der Waals surface area contributed by atoms with Gasteiger partial charge in [-0.3, -0.25) is 9.80 Å². The minimum absolute atomic E-state index is 0.0220. The zero-order valence-electron chi connectivity index (χ0n) is 35.3. The maximum absolute atomic E-state index is 13.4. The highest BCUT2D eigenvalue weighted by molar-refractivity contribution is 5.68. The molecule has 0 saturated carbocycles. The Morgan fingerprint density at radius 3 is 0.950 bits per heavy atom. The number of carbonyl (C=O) groups excluding carboxylic acids is 2. The second-order valence-corrected chi connectivity index (χ2v) is 14.1. The summed E-state index contributed by atoms with van der Waals surface area (Å²) in [6.07, 6.45) is -0.951. The van der Waals surface area contributed by atoms with Crippen LogP contribution in [-0.2, 0) is 42.2 Å². The smallest absolute Gasteiger partial charge is 0.410 e. The van der Waals surface area contributed by atoms with Gasteiger partial charge in [0.1, 0.15) is 60.9 Å². The first kappa shape index (κ1) is 44.5. The fourth-order valence-corrected chi connectivity index (χ4v) is 6.19. The molecule has 60 heavy (non-hydrogen) atoms. The van der Waals surface area contributed by atoms with Crippen LogP contribution >= 0.6 is 0 Å². The van der Waals surface area contributed by atoms with E-state index in [0.717, 1.165) is 50.8 Å². The molecule has 0 aromatic heterocycles. The van der Waals surface area contributed by atoms with Gasteiger partial charge in [-0.05, 0) is 103 Å². The average Bonchev–Trinajstić information content (AvgIpc) is 3.26. The molecule has 0 saturated heterocycles. The fraction of sp³-hybridized carbons (Fsp3) is 0.319. The van der Waals surface area contributed by atoms with Crippen LogP contribution in [0.2, 0.25) is 0 Å². The molecule has 0 radical (unpaired) electrons. The summed E-state index contributed by atoms with van der Waals surface area (Å²) in [6, 6.07) is 35.9. The third-order valence-corrected chi connectivity index (χ3v) is 9.24. The van der Waals surface area contributed by atoms with Gasteiger partial charge in [0.2, 0.25) is 0 Å². The van der Waals surface area contributed by atoms with Crippen LogP contribution in [0.5, 0.6) is 34.5 Å². The van der Waals surface area contributed by atoms with Gasteiger partial charge in [-0.25, -0.2) is 9.59 Å². The molecule has 5 rings (SSSR count). The Morgan fingerprint density at radius 2 is 0.683 bits per heavy atom. The van der Waals surface area contributed by atoms with Crippen LogP contribution in [-0.4, -0.2) is 95.8 Å². The lowest BCUT2D eigenvalue weighted by molar-refractivity contribution is 0.0829. The predicted molar refractivity (Wildman–Crippen MR) is 228 cm³/mol. The molecule has 5 aromatic carbocycles. The Labute approximate surface area is 352 Å². The summed E-state index contributed by atoms with van der Waals surface area (Å²) < 4.78 is 44.7. The summed E-state index contributed by atoms with van der Waals surface area (Å²) in [5, 5.41) is 0. The minimum atomic E-state index is -0.475. The summed E-state index contributed by atoms with van der Waals surface area (Å²) in [7, 11) is 10.4. The molecule has 13 nitrogen and oxygen atoms in total. The molecule has 0 aliphatic heterocycles. The summed E-state index contributed by atoms with van der Waals surface area (Å²) in [6.45, 7) is 2.25. The Bertz CT molecular complexity index is 1820. The van der Waals surface area contributed by atoms with Crippen LogP contribution < -0.4 is 28.4 Å². The van der Waals surface area contributed by atoms with Crippen molar-refractivity contribution in [1.82, 2.24) is 14.7 Å². The number of amides is 2. The fourth-order valence-electron chi connectivity index (χ4n) is 6.19. The van der Waals surface area contributed by atoms with E-state index in [9.17, 15) is 9.59 Å². The lowest BCUT2D eigenvalue weighted by Gasteiger charge is -2.23. The van der Waals surface area contributed by atoms with E-state index in [1.54, 1.807) is 44.3 Å². The molecule has 0 heterocycles. The molecule has 0 atom stereocenters. The maximum Gasteiger partial charge on any atom is 0.410 e. The highest BCUT2D eigenvalue weighted by Gasteiger charge is 2.19. The van der Waals surface area contributed by atoms with Gasteiger partial charge in [0, 0.05) is 38.8 Å². The molecule has 0 aliphatic rings. The van der Waals surface area contributed by atoms with Gasteiger partial charge in [0.15, 0.2) is 0 Å². The number of hydrogen-bond acceptors (Lipinski definition) is 11. The van der Waals surface area contributed by atoms with E-state index in [4.69, 9.17) is 37.9 Å². The third kappa shape index (κ3) is 14.3. The van der Waals surface area contributed by atoms with Crippen LogP contribution in [0.3, 0.4) is 0 Å². The molecule has 0 spiro atoms. The molecule has 0 aliphatic carbocycles. The maximum atomic E-state index is 13.4. The third-order valence-electron chi connectivity index (χ3n) is 9.24. The zero-order chi connectivity index (χ0) is 42.7. The van der Waals surface area contributed by atoms with E-state index in [-0.39, 0.29) is 26.4 Å². The van der Waals surface area contributed by atoms with Crippen LogP contribution in [0.4, 0.5) is 9.59 Å². The van der Waals surface area contributed by atoms with Crippen molar-refractivity contribution in [3.63, 3.8) is 0 Å². The number of carbonyl (C=O) groups is 2. The lowest BCUT2D eigenvalue weighted by atomic mass is 10.1. The first-order valence-corrected chi connectivity index (χ1v) is 19.5. The normalized spacial score (nSPS) is 10.7. The Balaban J connectivity index is 1.16. The topological polar surface area (TPSA) is 118 Å². The van der Waals surface area contributed by atoms with Crippen molar-refractivity contribution in [2.45, 2.75) is 32.7 Å². The molecule has 318 valence electrons. The summed E-state index contributed by atoms with van der Waals surface area (Å²) >= 11 is 0. The molecular formula is C47H55N3O10. The summed E-state index contributed by atoms with van der Waals surface area (Å²) in [4.78, 5) is 32.2. The van der Waals surface area contributed by atoms with Gasteiger partial charge < -0.3 is 42.8 Å². The van der Waals surface area contributed by atoms with Crippen molar-refractivity contribution >= 4 is 12.2 Å². The SMILES string of the molecule is COc1ccc(CN(Cc2ccc(OC)cc2)C(=O)OCCOc2cc(CN(C)C)cc(OCCOC(=O)N(Cc3ccc(OC)cc3)Cc3ccc(OC)cc3)c2)cc1. The van der Waals surface area contributed by atoms with Crippen molar-refractivity contribution in [2.75, 3.05) is 69.0 Å². The molecule has 5 aromatic rings. The van der Waals surface area contributed by atoms with Crippen LogP contribution in [0, 0.1) is 0 Å². The molecule has 0 fully saturated rings. The number of ether oxygens (including phenoxy) is 8. The largest absolute Gasteiger partial charge is 0.497 e. The zero-order valence-corrected chi connectivity index (χ0v) is 35.3. The van der Waals surface area contributed by atoms with Crippen molar-refractivity contribution in [2.24, 2.45) is 0 Å². The van der Waals surface area contributed by atoms with Gasteiger partial charge in [0.25, 0.3) is 0 Å². The monoisotopic (exact) mass is 821 g/mol. The molecule has 0 bridgehead atoms. The lowest BCUT2D eigenvalue weighted by Crippen LogP contribution is -2.31. The number of benzene rings is 5. The van der Waals surface area contributed by atoms with E-state index in [2.05, 4.69) is 0 Å². The summed E-state index contributed by atoms with van der Waals surface area (Å²) in [5.41, 5.74) is 4.67. The van der Waals surface area contributed by atoms with Crippen LogP contribution in [0.1, 0.15) is 27.8 Å². The molecule has 0 unspecified atom stereocenters. The highest BCUT2D eigenvalue weighted by atomic mass is 16.6. The molecule has 2 amide bonds. The first-order chi connectivity index (χ1) is 29.1. The first-order valence-electron chi connectivity index (χ1n) is 19.5. The van der Waals surface area contributed by atoms with Crippen molar-refractivity contribution in [1.29, 1.82) is 0 Å². The van der Waals surface area contributed by atoms with Crippen LogP contribution in [0.15, 0.2) is 115 Å². The molecule has 13 heteroatoms. The van der Waals surface area contributed by atoms with Gasteiger partial charge in [-0.1, -0.05) is 48.5 Å². The number of hydrogen-bond donors (Lipinski definition) is 0. The standard InChI is InChI=1S/C47H55N3O10/c1-48(2)30-39-27-44(57-23-25-59-46(51)49(31-35-7-15-40(53-3)16-8-35)32-36-9-17-41(54-4)18-10-36)29-45(28-39)58-24-26-60-47(52)50(33-37-11-19-42(55-5)20-12-37)34-38-13-21-43(56-6)22-14-38/h7-22,27-29H,23-26,30-34H2,1-6H3. The number of rotatable bonds is 22. The number of methoxy groups -OCH3 is 4. The van der Waals surface area contributed by atoms with Gasteiger partial charge in [-0.15, -0.1) is 0 Å². The number of nitrogens with zero attached hydrogens (tertiary/aromatic N) is 3. The van der Waals surface area contributed by atoms with E-state index < -0.39 is 12.2 Å². The van der Waals surface area contributed by atoms with E-state index in [1.165, 1.54) is 0 Å². The van der Waals surface area contributed by atoms with E-state index >= 15 is 0 Å². The Hall–Kier alpha value is -6.60. The minimum Gasteiger partial charge on any atom is -0.497 e. The predicted octanol–water partition coefficient (Wildman–Crippen LogP) is 8.22. The Morgan fingerprint density at radius 1 is 0.383 bits per heavy atom. The molecule has 0 N–H and O–H groups in total. The van der Waals surface area contributed by atoms with Crippen LogP contribution in [0.25, 0.3) is 0 Å². The van der Waals surface area contributed by atoms with Crippen molar-refractivity contribution in [3.8, 4) is 34.5 Å². The van der Waals surface area contributed by atoms with Crippen molar-refractivity contribution in [3.05, 3.63) is 143 Å². The quantitative estimate of drug-likeness (QED) is 0.0629. The second-order valence-electron chi connectivity index (χ2n) is 14.1. The van der Waals surface area contributed by atoms with E-state index in [1.807, 2.05) is 128 Å². The molecular weight excluding hydrogens is 767 g/mol. The second kappa shape index (κ2) is 23.1. The highest BCUT2D eigenvalue weighted by Crippen LogP contribution is 2.25. The van der Waals surface area contributed by atoms with E-state index in [0.29, 0.717) is 44.2 Å². The average molecular weight is 822 g/mol. The van der Waals surface area contributed by atoms with Gasteiger partial charge in [0.05, 0.1) is 28.4 Å².